The largest absolute Gasteiger partial charge is 0.345 e. The van der Waals surface area contributed by atoms with Gasteiger partial charge in [0.1, 0.15) is 0 Å². The zero-order valence-corrected chi connectivity index (χ0v) is 22.8. The number of piperidine rings is 1. The molecular formula is C28H34F2N8O2. The summed E-state index contributed by atoms with van der Waals surface area (Å²) in [5.41, 5.74) is 4.94. The van der Waals surface area contributed by atoms with Gasteiger partial charge in [-0.05, 0) is 48.9 Å². The highest BCUT2D eigenvalue weighted by molar-refractivity contribution is 5.78. The Labute approximate surface area is 231 Å². The van der Waals surface area contributed by atoms with E-state index >= 15 is 0 Å². The van der Waals surface area contributed by atoms with Gasteiger partial charge in [0.2, 0.25) is 6.41 Å². The summed E-state index contributed by atoms with van der Waals surface area (Å²) in [6.07, 6.45) is 5.51. The minimum absolute atomic E-state index is 0.0276. The molecule has 3 aromatic rings. The Bertz CT molecular complexity index is 1430. The van der Waals surface area contributed by atoms with Crippen molar-refractivity contribution in [1.82, 2.24) is 34.7 Å². The van der Waals surface area contributed by atoms with Gasteiger partial charge in [-0.25, -0.2) is 13.6 Å². The van der Waals surface area contributed by atoms with Crippen molar-refractivity contribution < 1.29 is 18.4 Å². The van der Waals surface area contributed by atoms with Gasteiger partial charge in [0.05, 0.1) is 18.8 Å². The first kappa shape index (κ1) is 26.3. The van der Waals surface area contributed by atoms with E-state index in [1.54, 1.807) is 47.0 Å². The van der Waals surface area contributed by atoms with Crippen LogP contribution >= 0.6 is 0 Å². The van der Waals surface area contributed by atoms with Gasteiger partial charge in [-0.2, -0.15) is 10.2 Å². The number of halogens is 2. The molecule has 3 amide bonds. The summed E-state index contributed by atoms with van der Waals surface area (Å²) >= 11 is 0. The second kappa shape index (κ2) is 10.5. The average Bonchev–Trinajstić information content (AvgIpc) is 3.59. The lowest BCUT2D eigenvalue weighted by Gasteiger charge is -2.33. The highest BCUT2D eigenvalue weighted by atomic mass is 19.3. The van der Waals surface area contributed by atoms with E-state index in [0.29, 0.717) is 50.3 Å². The third-order valence-electron chi connectivity index (χ3n) is 8.44. The van der Waals surface area contributed by atoms with Crippen molar-refractivity contribution in [3.8, 4) is 11.1 Å². The third-order valence-corrected chi connectivity index (χ3v) is 8.44. The van der Waals surface area contributed by atoms with Crippen LogP contribution in [0.25, 0.3) is 11.1 Å². The monoisotopic (exact) mass is 552 g/mol. The van der Waals surface area contributed by atoms with Gasteiger partial charge in [0.15, 0.2) is 5.82 Å². The van der Waals surface area contributed by atoms with E-state index in [4.69, 9.17) is 5.10 Å². The molecule has 5 heterocycles. The number of fused-ring (bicyclic) bond motifs is 2. The first-order valence-corrected chi connectivity index (χ1v) is 13.9. The Morgan fingerprint density at radius 1 is 1.15 bits per heavy atom. The van der Waals surface area contributed by atoms with Crippen LogP contribution in [0.1, 0.15) is 54.1 Å². The standard InChI is InChI=1S/C28H34F2N8O2/c1-31-28(40)36-11-7-24-23(16-36)27(33-38(24)20-5-9-35(17-39)10-6-20)37-8-3-4-18-12-21(19-14-32-34(2)15-19)22(26(29)30)13-25(18)37/h12-15,17,20,26H,3-11,16H2,1-2H3,(H,31,40). The number of likely N-dealkylation sites (tertiary alicyclic amines) is 1. The van der Waals surface area contributed by atoms with Crippen molar-refractivity contribution in [2.24, 2.45) is 7.05 Å². The van der Waals surface area contributed by atoms with E-state index in [-0.39, 0.29) is 17.6 Å². The number of amides is 3. The van der Waals surface area contributed by atoms with Gasteiger partial charge in [0, 0.05) is 81.0 Å². The van der Waals surface area contributed by atoms with Crippen LogP contribution in [0.2, 0.25) is 0 Å². The van der Waals surface area contributed by atoms with Crippen LogP contribution in [0, 0.1) is 0 Å². The van der Waals surface area contributed by atoms with Crippen molar-refractivity contribution in [3.05, 3.63) is 46.9 Å². The predicted octanol–water partition coefficient (Wildman–Crippen LogP) is 3.80. The molecule has 0 bridgehead atoms. The zero-order valence-electron chi connectivity index (χ0n) is 22.8. The topological polar surface area (TPSA) is 91.5 Å². The number of carbonyl (C=O) groups is 2. The van der Waals surface area contributed by atoms with Gasteiger partial charge in [-0.15, -0.1) is 0 Å². The van der Waals surface area contributed by atoms with Crippen molar-refractivity contribution in [3.63, 3.8) is 0 Å². The molecule has 40 heavy (non-hydrogen) atoms. The van der Waals surface area contributed by atoms with Crippen LogP contribution in [-0.2, 0) is 31.2 Å². The van der Waals surface area contributed by atoms with Crippen LogP contribution in [-0.4, -0.2) is 75.0 Å². The van der Waals surface area contributed by atoms with Gasteiger partial charge >= 0.3 is 6.03 Å². The lowest BCUT2D eigenvalue weighted by molar-refractivity contribution is -0.119. The quantitative estimate of drug-likeness (QED) is 0.487. The van der Waals surface area contributed by atoms with Crippen LogP contribution in [0.4, 0.5) is 25.1 Å². The Kier molecular flexibility index (Phi) is 6.93. The fourth-order valence-corrected chi connectivity index (χ4v) is 6.37. The van der Waals surface area contributed by atoms with Gasteiger partial charge in [-0.3, -0.25) is 14.2 Å². The van der Waals surface area contributed by atoms with E-state index < -0.39 is 6.43 Å². The molecule has 6 rings (SSSR count). The molecule has 12 heteroatoms. The number of anilines is 2. The molecule has 10 nitrogen and oxygen atoms in total. The van der Waals surface area contributed by atoms with Gasteiger partial charge in [-0.1, -0.05) is 0 Å². The molecule has 0 saturated carbocycles. The first-order valence-electron chi connectivity index (χ1n) is 13.9. The molecule has 2 aromatic heterocycles. The minimum atomic E-state index is -2.65. The summed E-state index contributed by atoms with van der Waals surface area (Å²) in [5.74, 6) is 0.733. The van der Waals surface area contributed by atoms with Gasteiger partial charge in [0.25, 0.3) is 6.43 Å². The van der Waals surface area contributed by atoms with Crippen molar-refractivity contribution in [2.45, 2.75) is 51.1 Å². The van der Waals surface area contributed by atoms with E-state index in [1.165, 1.54) is 0 Å². The highest BCUT2D eigenvalue weighted by Crippen LogP contribution is 2.43. The molecule has 0 atom stereocenters. The lowest BCUT2D eigenvalue weighted by atomic mass is 9.92. The minimum Gasteiger partial charge on any atom is -0.345 e. The Morgan fingerprint density at radius 3 is 2.62 bits per heavy atom. The number of nitrogens with one attached hydrogen (secondary N) is 1. The summed E-state index contributed by atoms with van der Waals surface area (Å²) in [6.45, 7) is 2.97. The molecule has 1 saturated heterocycles. The number of hydrogen-bond acceptors (Lipinski definition) is 5. The molecule has 212 valence electrons. The SMILES string of the molecule is CNC(=O)N1CCc2c(c(N3CCCc4cc(-c5cnn(C)c5)c(C(F)F)cc43)nn2C2CCN(C=O)CC2)C1. The Hall–Kier alpha value is -3.96. The maximum Gasteiger partial charge on any atom is 0.317 e. The summed E-state index contributed by atoms with van der Waals surface area (Å²) in [4.78, 5) is 29.5. The molecule has 0 aliphatic carbocycles. The molecule has 1 fully saturated rings. The number of benzene rings is 1. The molecule has 1 N–H and O–H groups in total. The van der Waals surface area contributed by atoms with Gasteiger partial charge < -0.3 is 20.0 Å². The number of alkyl halides is 2. The van der Waals surface area contributed by atoms with E-state index in [9.17, 15) is 18.4 Å². The second-order valence-corrected chi connectivity index (χ2v) is 10.8. The fraction of sp³-hybridized carbons (Fsp3) is 0.500. The molecular weight excluding hydrogens is 518 g/mol. The van der Waals surface area contributed by atoms with Crippen molar-refractivity contribution in [1.29, 1.82) is 0 Å². The van der Waals surface area contributed by atoms with Crippen LogP contribution in [0.15, 0.2) is 24.5 Å². The normalized spacial score (nSPS) is 17.7. The average molecular weight is 553 g/mol. The second-order valence-electron chi connectivity index (χ2n) is 10.8. The Balaban J connectivity index is 1.44. The first-order chi connectivity index (χ1) is 19.4. The summed E-state index contributed by atoms with van der Waals surface area (Å²) in [5, 5.41) is 12.1. The smallest absolute Gasteiger partial charge is 0.317 e. The fourth-order valence-electron chi connectivity index (χ4n) is 6.37. The number of urea groups is 1. The predicted molar refractivity (Wildman–Crippen MR) is 146 cm³/mol. The summed E-state index contributed by atoms with van der Waals surface area (Å²) in [6, 6.07) is 3.49. The molecule has 3 aliphatic heterocycles. The van der Waals surface area contributed by atoms with E-state index in [1.807, 2.05) is 6.07 Å². The maximum atomic E-state index is 14.4. The van der Waals surface area contributed by atoms with Crippen LogP contribution in [0.5, 0.6) is 0 Å². The van der Waals surface area contributed by atoms with Crippen molar-refractivity contribution in [2.75, 3.05) is 38.1 Å². The maximum absolute atomic E-state index is 14.4. The third kappa shape index (κ3) is 4.58. The number of aromatic nitrogens is 4. The number of hydrogen-bond donors (Lipinski definition) is 1. The molecule has 0 spiro atoms. The lowest BCUT2D eigenvalue weighted by Crippen LogP contribution is -2.42. The number of carbonyl (C=O) groups excluding carboxylic acids is 2. The number of nitrogens with zero attached hydrogens (tertiary/aromatic N) is 7. The number of rotatable bonds is 5. The number of aryl methyl sites for hydroxylation is 2. The highest BCUT2D eigenvalue weighted by Gasteiger charge is 2.35. The molecule has 1 aromatic carbocycles. The van der Waals surface area contributed by atoms with Crippen molar-refractivity contribution >= 4 is 23.9 Å². The van der Waals surface area contributed by atoms with Crippen LogP contribution in [0.3, 0.4) is 0 Å². The zero-order chi connectivity index (χ0) is 28.0. The Morgan fingerprint density at radius 2 is 1.95 bits per heavy atom. The summed E-state index contributed by atoms with van der Waals surface area (Å²) in [7, 11) is 3.39. The van der Waals surface area contributed by atoms with E-state index in [0.717, 1.165) is 60.4 Å². The van der Waals surface area contributed by atoms with Crippen LogP contribution < -0.4 is 10.2 Å². The molecule has 3 aliphatic rings. The summed E-state index contributed by atoms with van der Waals surface area (Å²) < 4.78 is 32.6. The molecule has 0 unspecified atom stereocenters. The molecule has 0 radical (unpaired) electrons. The van der Waals surface area contributed by atoms with E-state index in [2.05, 4.69) is 20.0 Å².